The molecule has 0 heterocycles. The Morgan fingerprint density at radius 3 is 2.30 bits per heavy atom. The normalized spacial score (nSPS) is 12.8. The monoisotopic (exact) mass is 307 g/mol. The summed E-state index contributed by atoms with van der Waals surface area (Å²) in [6, 6.07) is 0. The van der Waals surface area contributed by atoms with E-state index in [1.54, 1.807) is 0 Å². The highest BCUT2D eigenvalue weighted by Crippen LogP contribution is 2.29. The molecule has 0 aromatic rings. The summed E-state index contributed by atoms with van der Waals surface area (Å²) in [5.74, 6) is -2.15. The van der Waals surface area contributed by atoms with E-state index in [2.05, 4.69) is 5.32 Å². The highest BCUT2D eigenvalue weighted by Gasteiger charge is 2.33. The van der Waals surface area contributed by atoms with Gasteiger partial charge in [0.25, 0.3) is 0 Å². The highest BCUT2D eigenvalue weighted by atomic mass is 32.2. The summed E-state index contributed by atoms with van der Waals surface area (Å²) in [6.45, 7) is 2.90. The van der Waals surface area contributed by atoms with Crippen LogP contribution in [0.3, 0.4) is 0 Å². The molecular formula is C12H21NO6S. The topological polar surface area (TPSA) is 124 Å². The number of nitrogens with one attached hydrogen (secondary N) is 1. The van der Waals surface area contributed by atoms with E-state index < -0.39 is 22.6 Å². The largest absolute Gasteiger partial charge is 0.481 e. The summed E-state index contributed by atoms with van der Waals surface area (Å²) in [7, 11) is 0. The number of aliphatic hydroxyl groups excluding tert-OH is 1. The van der Waals surface area contributed by atoms with Gasteiger partial charge in [0.2, 0.25) is 5.91 Å². The Labute approximate surface area is 121 Å². The molecule has 0 aliphatic rings. The Balaban J connectivity index is 4.65. The van der Waals surface area contributed by atoms with E-state index >= 15 is 0 Å². The predicted octanol–water partition coefficient (Wildman–Crippen LogP) is 0.172. The van der Waals surface area contributed by atoms with Gasteiger partial charge in [0.15, 0.2) is 0 Å². The lowest BCUT2D eigenvalue weighted by atomic mass is 9.87. The van der Waals surface area contributed by atoms with E-state index in [1.165, 1.54) is 13.8 Å². The zero-order valence-corrected chi connectivity index (χ0v) is 12.4. The summed E-state index contributed by atoms with van der Waals surface area (Å²) < 4.78 is 0. The van der Waals surface area contributed by atoms with E-state index in [0.29, 0.717) is 0 Å². The molecule has 0 rings (SSSR count). The minimum absolute atomic E-state index is 0.0856. The number of carbonyl (C=O) groups is 3. The van der Waals surface area contributed by atoms with Gasteiger partial charge in [-0.25, -0.2) is 0 Å². The molecule has 4 N–H and O–H groups in total. The van der Waals surface area contributed by atoms with Gasteiger partial charge in [-0.15, -0.1) is 11.8 Å². The first kappa shape index (κ1) is 18.7. The van der Waals surface area contributed by atoms with Crippen LogP contribution in [-0.2, 0) is 14.4 Å². The lowest BCUT2D eigenvalue weighted by molar-refractivity contribution is -0.147. The van der Waals surface area contributed by atoms with Crippen molar-refractivity contribution in [3.63, 3.8) is 0 Å². The Kier molecular flexibility index (Phi) is 8.24. The molecule has 20 heavy (non-hydrogen) atoms. The van der Waals surface area contributed by atoms with Crippen molar-refractivity contribution in [2.75, 3.05) is 18.9 Å². The lowest BCUT2D eigenvalue weighted by Gasteiger charge is -2.25. The van der Waals surface area contributed by atoms with Gasteiger partial charge in [-0.1, -0.05) is 0 Å². The summed E-state index contributed by atoms with van der Waals surface area (Å²) >= 11 is 1.11. The van der Waals surface area contributed by atoms with Crippen LogP contribution in [0.25, 0.3) is 0 Å². The van der Waals surface area contributed by atoms with Crippen molar-refractivity contribution in [3.05, 3.63) is 0 Å². The van der Waals surface area contributed by atoms with Gasteiger partial charge in [0.1, 0.15) is 0 Å². The van der Waals surface area contributed by atoms with Crippen LogP contribution < -0.4 is 5.32 Å². The molecule has 1 atom stereocenters. The van der Waals surface area contributed by atoms with Gasteiger partial charge in [-0.2, -0.15) is 0 Å². The van der Waals surface area contributed by atoms with Gasteiger partial charge >= 0.3 is 11.9 Å². The van der Waals surface area contributed by atoms with Crippen molar-refractivity contribution in [1.82, 2.24) is 5.32 Å². The summed E-state index contributed by atoms with van der Waals surface area (Å²) in [4.78, 5) is 33.5. The second kappa shape index (κ2) is 8.80. The molecule has 0 aliphatic carbocycles. The van der Waals surface area contributed by atoms with Gasteiger partial charge in [0, 0.05) is 12.3 Å². The van der Waals surface area contributed by atoms with Crippen LogP contribution in [0.4, 0.5) is 0 Å². The third-order valence-corrected chi connectivity index (χ3v) is 3.84. The number of thioether (sulfide) groups is 1. The predicted molar refractivity (Wildman–Crippen MR) is 74.6 cm³/mol. The maximum Gasteiger partial charge on any atom is 0.309 e. The second-order valence-corrected chi connectivity index (χ2v) is 6.22. The van der Waals surface area contributed by atoms with E-state index in [0.717, 1.165) is 11.8 Å². The zero-order chi connectivity index (χ0) is 15.8. The molecule has 1 amide bonds. The first-order valence-electron chi connectivity index (χ1n) is 6.16. The van der Waals surface area contributed by atoms with Crippen molar-refractivity contribution in [1.29, 1.82) is 0 Å². The van der Waals surface area contributed by atoms with Crippen molar-refractivity contribution < 1.29 is 29.7 Å². The minimum Gasteiger partial charge on any atom is -0.481 e. The van der Waals surface area contributed by atoms with Crippen LogP contribution >= 0.6 is 11.8 Å². The number of carbonyl (C=O) groups excluding carboxylic acids is 1. The summed E-state index contributed by atoms with van der Waals surface area (Å²) in [5.41, 5.74) is -1.09. The summed E-state index contributed by atoms with van der Waals surface area (Å²) in [6.07, 6.45) is -0.00811. The van der Waals surface area contributed by atoms with Gasteiger partial charge in [-0.05, 0) is 20.3 Å². The molecule has 1 unspecified atom stereocenters. The molecule has 7 nitrogen and oxygen atoms in total. The highest BCUT2D eigenvalue weighted by molar-refractivity contribution is 8.00. The number of aliphatic hydroxyl groups is 1. The van der Waals surface area contributed by atoms with E-state index in [-0.39, 0.29) is 37.7 Å². The first-order chi connectivity index (χ1) is 9.20. The maximum absolute atomic E-state index is 11.9. The molecule has 0 saturated heterocycles. The number of hydrogen-bond acceptors (Lipinski definition) is 5. The number of amides is 1. The Morgan fingerprint density at radius 1 is 1.25 bits per heavy atom. The fourth-order valence-corrected chi connectivity index (χ4v) is 2.71. The molecule has 0 saturated carbocycles. The average Bonchev–Trinajstić information content (AvgIpc) is 2.33. The third kappa shape index (κ3) is 7.34. The maximum atomic E-state index is 11.9. The van der Waals surface area contributed by atoms with Gasteiger partial charge in [-0.3, -0.25) is 14.4 Å². The number of hydrogen-bond donors (Lipinski definition) is 4. The van der Waals surface area contributed by atoms with Crippen molar-refractivity contribution in [2.45, 2.75) is 31.9 Å². The fraction of sp³-hybridized carbons (Fsp3) is 0.750. The molecule has 116 valence electrons. The molecule has 0 spiro atoms. The van der Waals surface area contributed by atoms with Crippen LogP contribution in [0.1, 0.15) is 26.7 Å². The molecule has 0 bridgehead atoms. The molecule has 0 aromatic carbocycles. The number of aliphatic carboxylic acids is 2. The Morgan fingerprint density at radius 2 is 1.85 bits per heavy atom. The van der Waals surface area contributed by atoms with Crippen molar-refractivity contribution >= 4 is 29.6 Å². The van der Waals surface area contributed by atoms with Crippen LogP contribution in [0.2, 0.25) is 0 Å². The molecular weight excluding hydrogens is 286 g/mol. The van der Waals surface area contributed by atoms with Gasteiger partial charge < -0.3 is 20.6 Å². The molecule has 8 heteroatoms. The number of carboxylic acid groups (broad SMARTS) is 2. The molecule has 0 aromatic heterocycles. The number of rotatable bonds is 10. The van der Waals surface area contributed by atoms with Crippen LogP contribution in [0, 0.1) is 5.41 Å². The first-order valence-corrected chi connectivity index (χ1v) is 7.21. The SMILES string of the molecule is CC(C)(CC(SCCC(=O)O)C(=O)NCCO)C(=O)O. The lowest BCUT2D eigenvalue weighted by Crippen LogP contribution is -2.39. The molecule has 0 fully saturated rings. The smallest absolute Gasteiger partial charge is 0.309 e. The Bertz CT molecular complexity index is 358. The average molecular weight is 307 g/mol. The van der Waals surface area contributed by atoms with E-state index in [4.69, 9.17) is 15.3 Å². The van der Waals surface area contributed by atoms with Crippen LogP contribution in [-0.4, -0.2) is 57.3 Å². The third-order valence-electron chi connectivity index (χ3n) is 2.61. The number of carboxylic acids is 2. The van der Waals surface area contributed by atoms with Crippen LogP contribution in [0.15, 0.2) is 0 Å². The minimum atomic E-state index is -1.09. The molecule has 0 aliphatic heterocycles. The Hall–Kier alpha value is -1.28. The quantitative estimate of drug-likeness (QED) is 0.453. The second-order valence-electron chi connectivity index (χ2n) is 4.91. The van der Waals surface area contributed by atoms with Crippen LogP contribution in [0.5, 0.6) is 0 Å². The summed E-state index contributed by atoms with van der Waals surface area (Å²) in [5, 5.41) is 28.2. The fourth-order valence-electron chi connectivity index (χ4n) is 1.36. The standard InChI is InChI=1S/C12H21NO6S/c1-12(2,11(18)19)7-8(10(17)13-4-5-14)20-6-3-9(15)16/h8,14H,3-7H2,1-2H3,(H,13,17)(H,15,16)(H,18,19). The van der Waals surface area contributed by atoms with E-state index in [9.17, 15) is 14.4 Å². The van der Waals surface area contributed by atoms with Crippen molar-refractivity contribution in [2.24, 2.45) is 5.41 Å². The molecule has 0 radical (unpaired) electrons. The zero-order valence-electron chi connectivity index (χ0n) is 11.6. The van der Waals surface area contributed by atoms with E-state index in [1.807, 2.05) is 0 Å². The van der Waals surface area contributed by atoms with Crippen molar-refractivity contribution in [3.8, 4) is 0 Å². The van der Waals surface area contributed by atoms with Gasteiger partial charge in [0.05, 0.1) is 23.7 Å².